The minimum Gasteiger partial charge on any atom is -0.404 e. The number of ether oxygens (including phenoxy) is 1. The maximum Gasteiger partial charge on any atom is 0.573 e. The minimum atomic E-state index is -4.96. The number of aromatic nitrogens is 1. The molecule has 0 aliphatic rings. The lowest BCUT2D eigenvalue weighted by molar-refractivity contribution is -0.274. The van der Waals surface area contributed by atoms with Crippen LogP contribution in [0.5, 0.6) is 5.75 Å². The lowest BCUT2D eigenvalue weighted by Crippen LogP contribution is -2.18. The Morgan fingerprint density at radius 2 is 2.07 bits per heavy atom. The van der Waals surface area contributed by atoms with Gasteiger partial charge in [0.05, 0.1) is 6.20 Å². The third-order valence-corrected chi connectivity index (χ3v) is 1.18. The van der Waals surface area contributed by atoms with Crippen LogP contribution in [0.25, 0.3) is 0 Å². The minimum absolute atomic E-state index is 0.395. The predicted octanol–water partition coefficient (Wildman–Crippen LogP) is 1.99. The highest BCUT2D eigenvalue weighted by atomic mass is 19.4. The van der Waals surface area contributed by atoms with E-state index in [0.29, 0.717) is 12.3 Å². The Bertz CT molecular complexity index is 382. The van der Waals surface area contributed by atoms with Gasteiger partial charge in [0.2, 0.25) is 5.95 Å². The Morgan fingerprint density at radius 3 is 2.57 bits per heavy atom. The van der Waals surface area contributed by atoms with E-state index in [4.69, 9.17) is 5.26 Å². The fourth-order valence-electron chi connectivity index (χ4n) is 0.706. The summed E-state index contributed by atoms with van der Waals surface area (Å²) in [5.74, 6) is -2.05. The number of halogens is 4. The van der Waals surface area contributed by atoms with Crippen molar-refractivity contribution >= 4 is 0 Å². The Kier molecular flexibility index (Phi) is 2.56. The molecule has 14 heavy (non-hydrogen) atoms. The van der Waals surface area contributed by atoms with Crippen molar-refractivity contribution < 1.29 is 22.3 Å². The van der Waals surface area contributed by atoms with Gasteiger partial charge < -0.3 is 4.74 Å². The maximum absolute atomic E-state index is 12.4. The van der Waals surface area contributed by atoms with Gasteiger partial charge in [-0.25, -0.2) is 4.98 Å². The second-order valence-corrected chi connectivity index (χ2v) is 2.16. The summed E-state index contributed by atoms with van der Waals surface area (Å²) in [6, 6.07) is 1.79. The van der Waals surface area contributed by atoms with E-state index in [1.807, 2.05) is 0 Å². The normalized spacial score (nSPS) is 10.8. The Labute approximate surface area is 75.5 Å². The molecule has 0 bridgehead atoms. The summed E-state index contributed by atoms with van der Waals surface area (Å²) in [5, 5.41) is 8.35. The Balaban J connectivity index is 3.07. The third-order valence-electron chi connectivity index (χ3n) is 1.18. The quantitative estimate of drug-likeness (QED) is 0.521. The fourth-order valence-corrected chi connectivity index (χ4v) is 0.706. The van der Waals surface area contributed by atoms with Crippen LogP contribution >= 0.6 is 0 Å². The van der Waals surface area contributed by atoms with Crippen LogP contribution in [0.2, 0.25) is 0 Å². The average molecular weight is 206 g/mol. The molecule has 1 heterocycles. The average Bonchev–Trinajstić information content (AvgIpc) is 2.01. The molecule has 0 unspecified atom stereocenters. The van der Waals surface area contributed by atoms with E-state index in [-0.39, 0.29) is 0 Å². The molecule has 0 saturated carbocycles. The van der Waals surface area contributed by atoms with Gasteiger partial charge in [0.25, 0.3) is 0 Å². The molecule has 0 aliphatic heterocycles. The summed E-state index contributed by atoms with van der Waals surface area (Å²) >= 11 is 0. The number of hydrogen-bond donors (Lipinski definition) is 0. The van der Waals surface area contributed by atoms with E-state index in [1.165, 1.54) is 6.07 Å². The molecule has 0 saturated heterocycles. The molecule has 1 aromatic rings. The van der Waals surface area contributed by atoms with Crippen molar-refractivity contribution in [2.24, 2.45) is 0 Å². The molecule has 0 radical (unpaired) electrons. The van der Waals surface area contributed by atoms with E-state index in [2.05, 4.69) is 9.72 Å². The first kappa shape index (κ1) is 10.2. The molecule has 0 spiro atoms. The van der Waals surface area contributed by atoms with Gasteiger partial charge in [-0.15, -0.1) is 13.2 Å². The van der Waals surface area contributed by atoms with Crippen molar-refractivity contribution in [1.82, 2.24) is 4.98 Å². The summed E-state index contributed by atoms with van der Waals surface area (Å²) in [6.07, 6.45) is -4.30. The van der Waals surface area contributed by atoms with E-state index >= 15 is 0 Å². The molecule has 0 aliphatic carbocycles. The first-order valence-corrected chi connectivity index (χ1v) is 3.24. The first-order chi connectivity index (χ1) is 6.42. The molecule has 0 fully saturated rings. The van der Waals surface area contributed by atoms with Gasteiger partial charge >= 0.3 is 6.36 Å². The zero-order chi connectivity index (χ0) is 10.8. The molecule has 0 aromatic carbocycles. The van der Waals surface area contributed by atoms with Crippen LogP contribution in [0, 0.1) is 17.3 Å². The van der Waals surface area contributed by atoms with Gasteiger partial charge in [-0.3, -0.25) is 0 Å². The lowest BCUT2D eigenvalue weighted by Gasteiger charge is -2.09. The molecule has 1 rings (SSSR count). The summed E-state index contributed by atoms with van der Waals surface area (Å²) < 4.78 is 50.9. The first-order valence-electron chi connectivity index (χ1n) is 3.24. The standard InChI is InChI=1S/C7H2F4N2O/c8-6-1-5(14-7(9,10)11)4(2-12)3-13-6/h1,3H. The van der Waals surface area contributed by atoms with Crippen LogP contribution in [-0.4, -0.2) is 11.3 Å². The largest absolute Gasteiger partial charge is 0.573 e. The molecule has 0 atom stereocenters. The van der Waals surface area contributed by atoms with Crippen molar-refractivity contribution in [2.75, 3.05) is 0 Å². The van der Waals surface area contributed by atoms with Crippen molar-refractivity contribution in [3.63, 3.8) is 0 Å². The van der Waals surface area contributed by atoms with Crippen LogP contribution in [0.3, 0.4) is 0 Å². The van der Waals surface area contributed by atoms with Crippen molar-refractivity contribution in [1.29, 1.82) is 5.26 Å². The van der Waals surface area contributed by atoms with Crippen LogP contribution in [0.1, 0.15) is 5.56 Å². The zero-order valence-electron chi connectivity index (χ0n) is 6.47. The van der Waals surface area contributed by atoms with Crippen molar-refractivity contribution in [3.8, 4) is 11.8 Å². The van der Waals surface area contributed by atoms with E-state index in [9.17, 15) is 17.6 Å². The number of pyridine rings is 1. The van der Waals surface area contributed by atoms with E-state index in [0.717, 1.165) is 0 Å². The molecule has 1 aromatic heterocycles. The molecule has 7 heteroatoms. The highest BCUT2D eigenvalue weighted by Gasteiger charge is 2.32. The molecule has 74 valence electrons. The number of alkyl halides is 3. The smallest absolute Gasteiger partial charge is 0.404 e. The predicted molar refractivity (Wildman–Crippen MR) is 35.6 cm³/mol. The molecular weight excluding hydrogens is 204 g/mol. The van der Waals surface area contributed by atoms with Gasteiger partial charge in [-0.2, -0.15) is 9.65 Å². The van der Waals surface area contributed by atoms with Crippen LogP contribution < -0.4 is 4.74 Å². The maximum atomic E-state index is 12.4. The second kappa shape index (κ2) is 3.49. The SMILES string of the molecule is N#Cc1cnc(F)cc1OC(F)(F)F. The van der Waals surface area contributed by atoms with Gasteiger partial charge in [-0.05, 0) is 0 Å². The third kappa shape index (κ3) is 2.58. The van der Waals surface area contributed by atoms with Crippen LogP contribution in [0.4, 0.5) is 17.6 Å². The van der Waals surface area contributed by atoms with Gasteiger partial charge in [0.15, 0.2) is 5.75 Å². The number of rotatable bonds is 1. The lowest BCUT2D eigenvalue weighted by atomic mass is 10.3. The number of nitriles is 1. The molecule has 0 amide bonds. The monoisotopic (exact) mass is 206 g/mol. The van der Waals surface area contributed by atoms with E-state index in [1.54, 1.807) is 0 Å². The topological polar surface area (TPSA) is 45.9 Å². The summed E-state index contributed by atoms with van der Waals surface area (Å²) in [5.41, 5.74) is -0.483. The summed E-state index contributed by atoms with van der Waals surface area (Å²) in [7, 11) is 0. The van der Waals surface area contributed by atoms with Gasteiger partial charge in [0.1, 0.15) is 11.6 Å². The second-order valence-electron chi connectivity index (χ2n) is 2.16. The Morgan fingerprint density at radius 1 is 1.43 bits per heavy atom. The van der Waals surface area contributed by atoms with Crippen molar-refractivity contribution in [2.45, 2.75) is 6.36 Å². The highest BCUT2D eigenvalue weighted by Crippen LogP contribution is 2.25. The zero-order valence-corrected chi connectivity index (χ0v) is 6.47. The number of nitrogens with zero attached hydrogens (tertiary/aromatic N) is 2. The molecule has 3 nitrogen and oxygen atoms in total. The molecule has 0 N–H and O–H groups in total. The van der Waals surface area contributed by atoms with Gasteiger partial charge in [-0.1, -0.05) is 0 Å². The molecular formula is C7H2F4N2O. The van der Waals surface area contributed by atoms with Crippen LogP contribution in [-0.2, 0) is 0 Å². The van der Waals surface area contributed by atoms with E-state index < -0.39 is 23.6 Å². The Hall–Kier alpha value is -1.84. The summed E-state index contributed by atoms with van der Waals surface area (Å²) in [4.78, 5) is 3.00. The highest BCUT2D eigenvalue weighted by molar-refractivity contribution is 5.40. The van der Waals surface area contributed by atoms with Crippen molar-refractivity contribution in [3.05, 3.63) is 23.8 Å². The fraction of sp³-hybridized carbons (Fsp3) is 0.143. The number of hydrogen-bond acceptors (Lipinski definition) is 3. The van der Waals surface area contributed by atoms with Gasteiger partial charge in [0, 0.05) is 6.07 Å². The van der Waals surface area contributed by atoms with Crippen LogP contribution in [0.15, 0.2) is 12.3 Å². The summed E-state index contributed by atoms with van der Waals surface area (Å²) in [6.45, 7) is 0.